The van der Waals surface area contributed by atoms with Crippen molar-refractivity contribution >= 4 is 35.8 Å². The van der Waals surface area contributed by atoms with Crippen LogP contribution in [0.1, 0.15) is 62.1 Å². The Morgan fingerprint density at radius 3 is 0.583 bits per heavy atom. The van der Waals surface area contributed by atoms with Crippen molar-refractivity contribution in [3.63, 3.8) is 0 Å². The number of nitrogens with zero attached hydrogens (tertiary/aromatic N) is 4. The van der Waals surface area contributed by atoms with Gasteiger partial charge in [-0.2, -0.15) is 0 Å². The molecular formula is C32H22N4O12. The summed E-state index contributed by atoms with van der Waals surface area (Å²) in [6.07, 6.45) is 7.07. The third kappa shape index (κ3) is 8.42. The third-order valence-corrected chi connectivity index (χ3v) is 5.97. The largest absolute Gasteiger partial charge is 0.478 e. The van der Waals surface area contributed by atoms with Crippen molar-refractivity contribution in [2.75, 3.05) is 0 Å². The van der Waals surface area contributed by atoms with Crippen LogP contribution in [0, 0.1) is 0 Å². The summed E-state index contributed by atoms with van der Waals surface area (Å²) in [5, 5.41) is 54.2. The molecule has 5 aromatic rings. The van der Waals surface area contributed by atoms with E-state index in [-0.39, 0.29) is 0 Å². The number of carboxylic acids is 6. The molecule has 0 fully saturated rings. The van der Waals surface area contributed by atoms with E-state index < -0.39 is 69.2 Å². The molecule has 0 aliphatic carbocycles. The first-order valence-corrected chi connectivity index (χ1v) is 13.1. The molecule has 0 amide bonds. The SMILES string of the molecule is O=C(O)c1c(C(=O)O)c(C(=O)O)c(C(=O)O)c(C(=O)O)c1C(=O)O.c1ccc(-c2ccccn2)nc1.c1ccc(-c2ccccn2)nc1. The number of benzene rings is 1. The van der Waals surface area contributed by atoms with E-state index in [2.05, 4.69) is 19.9 Å². The van der Waals surface area contributed by atoms with Gasteiger partial charge in [-0.05, 0) is 48.5 Å². The molecule has 16 heteroatoms. The molecule has 0 saturated heterocycles. The van der Waals surface area contributed by atoms with Gasteiger partial charge in [0, 0.05) is 24.8 Å². The van der Waals surface area contributed by atoms with E-state index in [9.17, 15) is 28.8 Å². The Morgan fingerprint density at radius 1 is 0.312 bits per heavy atom. The number of rotatable bonds is 8. The lowest BCUT2D eigenvalue weighted by Gasteiger charge is -2.15. The van der Waals surface area contributed by atoms with Crippen LogP contribution in [0.2, 0.25) is 0 Å². The first-order chi connectivity index (χ1) is 22.9. The fraction of sp³-hybridized carbons (Fsp3) is 0. The monoisotopic (exact) mass is 654 g/mol. The Bertz CT molecular complexity index is 1630. The lowest BCUT2D eigenvalue weighted by molar-refractivity contribution is 0.0592. The molecule has 0 atom stereocenters. The first kappa shape index (κ1) is 35.1. The second-order valence-electron chi connectivity index (χ2n) is 8.94. The van der Waals surface area contributed by atoms with Crippen LogP contribution in [-0.4, -0.2) is 86.4 Å². The Balaban J connectivity index is 0.000000215. The smallest absolute Gasteiger partial charge is 0.337 e. The minimum absolute atomic E-state index is 0.915. The van der Waals surface area contributed by atoms with Gasteiger partial charge >= 0.3 is 35.8 Å². The topological polar surface area (TPSA) is 275 Å². The number of aromatic carboxylic acids is 6. The maximum atomic E-state index is 11.2. The summed E-state index contributed by atoms with van der Waals surface area (Å²) in [6, 6.07) is 23.2. The van der Waals surface area contributed by atoms with Gasteiger partial charge < -0.3 is 30.6 Å². The minimum Gasteiger partial charge on any atom is -0.478 e. The van der Waals surface area contributed by atoms with E-state index in [0.717, 1.165) is 22.8 Å². The molecule has 48 heavy (non-hydrogen) atoms. The van der Waals surface area contributed by atoms with Gasteiger partial charge in [0.15, 0.2) is 0 Å². The molecule has 4 aromatic heterocycles. The summed E-state index contributed by atoms with van der Waals surface area (Å²) < 4.78 is 0. The van der Waals surface area contributed by atoms with E-state index in [0.29, 0.717) is 0 Å². The zero-order chi connectivity index (χ0) is 35.4. The van der Waals surface area contributed by atoms with Crippen LogP contribution in [0.25, 0.3) is 22.8 Å². The van der Waals surface area contributed by atoms with Crippen LogP contribution in [0.15, 0.2) is 97.6 Å². The van der Waals surface area contributed by atoms with Crippen molar-refractivity contribution in [2.45, 2.75) is 0 Å². The number of hydrogen-bond donors (Lipinski definition) is 6. The van der Waals surface area contributed by atoms with Gasteiger partial charge in [0.05, 0.1) is 56.2 Å². The molecule has 0 unspecified atom stereocenters. The van der Waals surface area contributed by atoms with Gasteiger partial charge in [0.25, 0.3) is 0 Å². The molecule has 6 N–H and O–H groups in total. The molecule has 16 nitrogen and oxygen atoms in total. The Hall–Kier alpha value is -7.36. The highest BCUT2D eigenvalue weighted by Gasteiger charge is 2.40. The Morgan fingerprint density at radius 2 is 0.479 bits per heavy atom. The predicted molar refractivity (Wildman–Crippen MR) is 163 cm³/mol. The summed E-state index contributed by atoms with van der Waals surface area (Å²) >= 11 is 0. The van der Waals surface area contributed by atoms with Crippen LogP contribution in [-0.2, 0) is 0 Å². The van der Waals surface area contributed by atoms with Gasteiger partial charge in [-0.25, -0.2) is 28.8 Å². The van der Waals surface area contributed by atoms with Gasteiger partial charge in [0.1, 0.15) is 0 Å². The van der Waals surface area contributed by atoms with Gasteiger partial charge in [-0.15, -0.1) is 0 Å². The Labute approximate surface area is 268 Å². The minimum atomic E-state index is -2.26. The van der Waals surface area contributed by atoms with Gasteiger partial charge in [-0.3, -0.25) is 19.9 Å². The first-order valence-electron chi connectivity index (χ1n) is 13.1. The highest BCUT2D eigenvalue weighted by Crippen LogP contribution is 2.30. The van der Waals surface area contributed by atoms with Crippen LogP contribution >= 0.6 is 0 Å². The highest BCUT2D eigenvalue weighted by atomic mass is 16.4. The molecule has 0 saturated carbocycles. The van der Waals surface area contributed by atoms with E-state index in [1.54, 1.807) is 24.8 Å². The number of aromatic nitrogens is 4. The summed E-state index contributed by atoms with van der Waals surface area (Å²) in [7, 11) is 0. The van der Waals surface area contributed by atoms with Crippen molar-refractivity contribution < 1.29 is 59.4 Å². The lowest BCUT2D eigenvalue weighted by Crippen LogP contribution is -2.27. The van der Waals surface area contributed by atoms with E-state index in [1.165, 1.54) is 0 Å². The third-order valence-electron chi connectivity index (χ3n) is 5.97. The van der Waals surface area contributed by atoms with Crippen LogP contribution < -0.4 is 0 Å². The summed E-state index contributed by atoms with van der Waals surface area (Å²) in [5.74, 6) is -13.5. The summed E-state index contributed by atoms with van der Waals surface area (Å²) in [5.41, 5.74) is -6.29. The lowest BCUT2D eigenvalue weighted by atomic mass is 9.86. The highest BCUT2D eigenvalue weighted by molar-refractivity contribution is 6.22. The fourth-order valence-electron chi connectivity index (χ4n) is 4.09. The second kappa shape index (κ2) is 16.1. The zero-order valence-electron chi connectivity index (χ0n) is 24.2. The van der Waals surface area contributed by atoms with E-state index in [1.807, 2.05) is 72.8 Å². The molecule has 0 aliphatic rings. The van der Waals surface area contributed by atoms with Crippen molar-refractivity contribution in [3.8, 4) is 22.8 Å². The van der Waals surface area contributed by atoms with Crippen molar-refractivity contribution in [2.24, 2.45) is 0 Å². The standard InChI is InChI=1S/C12H6O12.2C10H8N2/c13-7(14)1-2(8(15)16)4(10(19)20)6(12(23)24)5(11(21)22)3(1)9(17)18;2*1-3-7-11-9(5-1)10-6-2-4-8-12-10/h(H,13,14)(H,15,16)(H,17,18)(H,19,20)(H,21,22)(H,23,24);2*1-8H. The molecule has 0 radical (unpaired) electrons. The zero-order valence-corrected chi connectivity index (χ0v) is 24.2. The summed E-state index contributed by atoms with van der Waals surface area (Å²) in [4.78, 5) is 84.1. The van der Waals surface area contributed by atoms with Crippen molar-refractivity contribution in [1.82, 2.24) is 19.9 Å². The van der Waals surface area contributed by atoms with Crippen LogP contribution in [0.3, 0.4) is 0 Å². The molecule has 242 valence electrons. The summed E-state index contributed by atoms with van der Waals surface area (Å²) in [6.45, 7) is 0. The van der Waals surface area contributed by atoms with Crippen LogP contribution in [0.4, 0.5) is 0 Å². The molecule has 0 aliphatic heterocycles. The maximum absolute atomic E-state index is 11.2. The molecule has 1 aromatic carbocycles. The Kier molecular flexibility index (Phi) is 11.8. The fourth-order valence-corrected chi connectivity index (χ4v) is 4.09. The molecule has 5 rings (SSSR count). The molecule has 0 spiro atoms. The second-order valence-corrected chi connectivity index (χ2v) is 8.94. The van der Waals surface area contributed by atoms with Crippen molar-refractivity contribution in [3.05, 3.63) is 131 Å². The quantitative estimate of drug-likeness (QED) is 0.137. The number of carboxylic acid groups (broad SMARTS) is 6. The molecule has 4 heterocycles. The van der Waals surface area contributed by atoms with Crippen LogP contribution in [0.5, 0.6) is 0 Å². The van der Waals surface area contributed by atoms with E-state index in [4.69, 9.17) is 30.6 Å². The average molecular weight is 655 g/mol. The van der Waals surface area contributed by atoms with Gasteiger partial charge in [-0.1, -0.05) is 24.3 Å². The maximum Gasteiger partial charge on any atom is 0.337 e. The normalized spacial score (nSPS) is 9.83. The number of pyridine rings is 4. The van der Waals surface area contributed by atoms with E-state index >= 15 is 0 Å². The van der Waals surface area contributed by atoms with Crippen molar-refractivity contribution in [1.29, 1.82) is 0 Å². The van der Waals surface area contributed by atoms with Gasteiger partial charge in [0.2, 0.25) is 0 Å². The predicted octanol–water partition coefficient (Wildman–Crippen LogP) is 4.16. The average Bonchev–Trinajstić information content (AvgIpc) is 3.08. The molecule has 0 bridgehead atoms. The number of carbonyl (C=O) groups is 6. The number of hydrogen-bond acceptors (Lipinski definition) is 10. The molecular weight excluding hydrogens is 632 g/mol.